The second kappa shape index (κ2) is 8.78. The number of ether oxygens (including phenoxy) is 1. The second-order valence-electron chi connectivity index (χ2n) is 6.58. The first-order valence-corrected chi connectivity index (χ1v) is 9.11. The zero-order valence-corrected chi connectivity index (χ0v) is 15.3. The van der Waals surface area contributed by atoms with Gasteiger partial charge in [0.1, 0.15) is 5.60 Å². The fourth-order valence-electron chi connectivity index (χ4n) is 3.60. The molecule has 1 N–H and O–H groups in total. The van der Waals surface area contributed by atoms with E-state index in [4.69, 9.17) is 4.74 Å². The van der Waals surface area contributed by atoms with Crippen molar-refractivity contribution in [2.45, 2.75) is 32.3 Å². The number of nitrogens with zero attached hydrogens (tertiary/aromatic N) is 3. The maximum absolute atomic E-state index is 12.9. The Hall–Kier alpha value is -1.18. The molecule has 0 aromatic heterocycles. The number of piperazine rings is 1. The standard InChI is InChI=1S/C17H32N4O3/c1-4-20(5-2)15(22)14-19-10-12-21(13-11-19)16(23)17(24-3)6-8-18-9-7-17/h18H,4-14H2,1-3H3. The molecule has 0 atom stereocenters. The van der Waals surface area contributed by atoms with Gasteiger partial charge in [-0.15, -0.1) is 0 Å². The van der Waals surface area contributed by atoms with Gasteiger partial charge in [0.05, 0.1) is 6.54 Å². The molecule has 0 spiro atoms. The third kappa shape index (κ3) is 4.26. The Morgan fingerprint density at radius 2 is 1.67 bits per heavy atom. The van der Waals surface area contributed by atoms with E-state index in [2.05, 4.69) is 10.2 Å². The summed E-state index contributed by atoms with van der Waals surface area (Å²) in [7, 11) is 1.64. The number of hydrogen-bond acceptors (Lipinski definition) is 5. The summed E-state index contributed by atoms with van der Waals surface area (Å²) in [5.41, 5.74) is -0.662. The molecule has 0 bridgehead atoms. The lowest BCUT2D eigenvalue weighted by Crippen LogP contribution is -2.59. The number of likely N-dealkylation sites (N-methyl/N-ethyl adjacent to an activating group) is 1. The molecule has 0 aromatic rings. The van der Waals surface area contributed by atoms with Crippen molar-refractivity contribution < 1.29 is 14.3 Å². The van der Waals surface area contributed by atoms with E-state index in [0.717, 1.165) is 52.1 Å². The number of hydrogen-bond donors (Lipinski definition) is 1. The Bertz CT molecular complexity index is 426. The summed E-state index contributed by atoms with van der Waals surface area (Å²) in [6.07, 6.45) is 1.45. The summed E-state index contributed by atoms with van der Waals surface area (Å²) in [6.45, 7) is 10.4. The third-order valence-corrected chi connectivity index (χ3v) is 5.33. The molecule has 7 heteroatoms. The van der Waals surface area contributed by atoms with Crippen molar-refractivity contribution in [3.8, 4) is 0 Å². The first kappa shape index (κ1) is 19.1. The lowest BCUT2D eigenvalue weighted by molar-refractivity contribution is -0.160. The third-order valence-electron chi connectivity index (χ3n) is 5.33. The maximum Gasteiger partial charge on any atom is 0.254 e. The molecule has 2 aliphatic heterocycles. The summed E-state index contributed by atoms with van der Waals surface area (Å²) in [6, 6.07) is 0. The van der Waals surface area contributed by atoms with Gasteiger partial charge in [-0.1, -0.05) is 0 Å². The highest BCUT2D eigenvalue weighted by Gasteiger charge is 2.43. The van der Waals surface area contributed by atoms with Crippen molar-refractivity contribution in [1.29, 1.82) is 0 Å². The van der Waals surface area contributed by atoms with Crippen molar-refractivity contribution in [2.75, 3.05) is 66.0 Å². The van der Waals surface area contributed by atoms with Gasteiger partial charge in [-0.3, -0.25) is 14.5 Å². The van der Waals surface area contributed by atoms with Crippen LogP contribution in [0.4, 0.5) is 0 Å². The normalized spacial score (nSPS) is 21.5. The lowest BCUT2D eigenvalue weighted by Gasteiger charge is -2.42. The van der Waals surface area contributed by atoms with E-state index < -0.39 is 5.60 Å². The van der Waals surface area contributed by atoms with Crippen LogP contribution in [0.2, 0.25) is 0 Å². The van der Waals surface area contributed by atoms with Crippen molar-refractivity contribution in [2.24, 2.45) is 0 Å². The van der Waals surface area contributed by atoms with Gasteiger partial charge in [0.15, 0.2) is 0 Å². The quantitative estimate of drug-likeness (QED) is 0.723. The van der Waals surface area contributed by atoms with Crippen LogP contribution in [0, 0.1) is 0 Å². The number of amides is 2. The van der Waals surface area contributed by atoms with Gasteiger partial charge in [-0.05, 0) is 39.8 Å². The van der Waals surface area contributed by atoms with Crippen LogP contribution in [0.15, 0.2) is 0 Å². The number of carbonyl (C=O) groups is 2. The summed E-state index contributed by atoms with van der Waals surface area (Å²) in [4.78, 5) is 31.0. The SMILES string of the molecule is CCN(CC)C(=O)CN1CCN(C(=O)C2(OC)CCNCC2)CC1. The molecule has 0 unspecified atom stereocenters. The summed E-state index contributed by atoms with van der Waals surface area (Å²) in [5, 5.41) is 3.28. The molecule has 2 saturated heterocycles. The molecule has 2 aliphatic rings. The minimum atomic E-state index is -0.662. The molecule has 0 aliphatic carbocycles. The summed E-state index contributed by atoms with van der Waals surface area (Å²) in [5.74, 6) is 0.285. The summed E-state index contributed by atoms with van der Waals surface area (Å²) < 4.78 is 5.64. The molecule has 0 saturated carbocycles. The molecular formula is C17H32N4O3. The Morgan fingerprint density at radius 1 is 1.08 bits per heavy atom. The van der Waals surface area contributed by atoms with Crippen LogP contribution >= 0.6 is 0 Å². The van der Waals surface area contributed by atoms with Crippen molar-refractivity contribution in [3.05, 3.63) is 0 Å². The van der Waals surface area contributed by atoms with Crippen molar-refractivity contribution in [1.82, 2.24) is 20.0 Å². The molecule has 7 nitrogen and oxygen atoms in total. The highest BCUT2D eigenvalue weighted by Crippen LogP contribution is 2.25. The van der Waals surface area contributed by atoms with Gasteiger partial charge in [0.25, 0.3) is 5.91 Å². The van der Waals surface area contributed by atoms with Crippen LogP contribution in [-0.2, 0) is 14.3 Å². The van der Waals surface area contributed by atoms with E-state index in [9.17, 15) is 9.59 Å². The predicted molar refractivity (Wildman–Crippen MR) is 92.8 cm³/mol. The average Bonchev–Trinajstić information content (AvgIpc) is 2.63. The topological polar surface area (TPSA) is 65.1 Å². The molecule has 0 aromatic carbocycles. The smallest absolute Gasteiger partial charge is 0.254 e. The highest BCUT2D eigenvalue weighted by atomic mass is 16.5. The van der Waals surface area contributed by atoms with Gasteiger partial charge in [0.2, 0.25) is 5.91 Å². The monoisotopic (exact) mass is 340 g/mol. The maximum atomic E-state index is 12.9. The highest BCUT2D eigenvalue weighted by molar-refractivity contribution is 5.85. The second-order valence-corrected chi connectivity index (χ2v) is 6.58. The number of rotatable bonds is 6. The Morgan fingerprint density at radius 3 is 2.17 bits per heavy atom. The number of piperidine rings is 1. The largest absolute Gasteiger partial charge is 0.368 e. The molecule has 2 amide bonds. The van der Waals surface area contributed by atoms with E-state index >= 15 is 0 Å². The minimum Gasteiger partial charge on any atom is -0.368 e. The van der Waals surface area contributed by atoms with Crippen LogP contribution in [0.25, 0.3) is 0 Å². The van der Waals surface area contributed by atoms with E-state index in [1.54, 1.807) is 7.11 Å². The molecular weight excluding hydrogens is 308 g/mol. The fraction of sp³-hybridized carbons (Fsp3) is 0.882. The van der Waals surface area contributed by atoms with Gasteiger partial charge < -0.3 is 19.9 Å². The van der Waals surface area contributed by atoms with Gasteiger partial charge in [0, 0.05) is 46.4 Å². The minimum absolute atomic E-state index is 0.112. The van der Waals surface area contributed by atoms with Crippen LogP contribution < -0.4 is 5.32 Å². The zero-order valence-electron chi connectivity index (χ0n) is 15.3. The van der Waals surface area contributed by atoms with E-state index in [1.165, 1.54) is 0 Å². The van der Waals surface area contributed by atoms with Gasteiger partial charge in [-0.25, -0.2) is 0 Å². The fourth-order valence-corrected chi connectivity index (χ4v) is 3.60. The molecule has 2 rings (SSSR count). The molecule has 138 valence electrons. The van der Waals surface area contributed by atoms with E-state index in [1.807, 2.05) is 23.6 Å². The van der Waals surface area contributed by atoms with E-state index in [0.29, 0.717) is 19.6 Å². The summed E-state index contributed by atoms with van der Waals surface area (Å²) >= 11 is 0. The molecule has 0 radical (unpaired) electrons. The Labute approximate surface area is 145 Å². The predicted octanol–water partition coefficient (Wildman–Crippen LogP) is -0.232. The Kier molecular flexibility index (Phi) is 7.01. The molecule has 24 heavy (non-hydrogen) atoms. The van der Waals surface area contributed by atoms with Crippen molar-refractivity contribution >= 4 is 11.8 Å². The lowest BCUT2D eigenvalue weighted by atomic mass is 9.90. The van der Waals surface area contributed by atoms with Crippen LogP contribution in [-0.4, -0.2) is 98.1 Å². The van der Waals surface area contributed by atoms with Crippen LogP contribution in [0.3, 0.4) is 0 Å². The Balaban J connectivity index is 1.85. The molecule has 2 heterocycles. The zero-order chi connectivity index (χ0) is 17.6. The average molecular weight is 340 g/mol. The first-order chi connectivity index (χ1) is 11.6. The number of carbonyl (C=O) groups excluding carboxylic acids is 2. The van der Waals surface area contributed by atoms with Gasteiger partial charge >= 0.3 is 0 Å². The number of methoxy groups -OCH3 is 1. The van der Waals surface area contributed by atoms with Crippen molar-refractivity contribution in [3.63, 3.8) is 0 Å². The first-order valence-electron chi connectivity index (χ1n) is 9.11. The number of nitrogens with one attached hydrogen (secondary N) is 1. The molecule has 2 fully saturated rings. The van der Waals surface area contributed by atoms with Crippen LogP contribution in [0.5, 0.6) is 0 Å². The van der Waals surface area contributed by atoms with Crippen LogP contribution in [0.1, 0.15) is 26.7 Å². The van der Waals surface area contributed by atoms with E-state index in [-0.39, 0.29) is 11.8 Å². The van der Waals surface area contributed by atoms with Gasteiger partial charge in [-0.2, -0.15) is 0 Å².